The second kappa shape index (κ2) is 26.3. The molecule has 16 rings (SSSR count). The largest absolute Gasteiger partial charge is 0.299 e. The van der Waals surface area contributed by atoms with Crippen LogP contribution >= 0.6 is 46.4 Å². The van der Waals surface area contributed by atoms with Gasteiger partial charge in [-0.15, -0.1) is 0 Å². The molecule has 0 saturated heterocycles. The molecule has 0 spiro atoms. The van der Waals surface area contributed by atoms with Crippen molar-refractivity contribution in [1.29, 1.82) is 0 Å². The van der Waals surface area contributed by atoms with Crippen LogP contribution in [0.5, 0.6) is 0 Å². The van der Waals surface area contributed by atoms with Gasteiger partial charge in [-0.05, 0) is 69.8 Å². The summed E-state index contributed by atoms with van der Waals surface area (Å²) in [5, 5.41) is 2.26. The second-order valence-electron chi connectivity index (χ2n) is 23.7. The Morgan fingerprint density at radius 1 is 0.260 bits per heavy atom. The first-order valence-electron chi connectivity index (χ1n) is 31.7. The third kappa shape index (κ3) is 10.8. The number of nitrogens with zero attached hydrogens (tertiary/aromatic N) is 8. The number of amidine groups is 2. The zero-order chi connectivity index (χ0) is 65.1. The minimum atomic E-state index is -1.34. The molecule has 12 aromatic carbocycles. The Morgan fingerprint density at radius 2 is 0.521 bits per heavy atom. The van der Waals surface area contributed by atoms with Gasteiger partial charge >= 0.3 is 0 Å². The van der Waals surface area contributed by atoms with Gasteiger partial charge < -0.3 is 0 Å². The average molecular weight is 1320 g/mol. The number of halogens is 4. The maximum absolute atomic E-state index is 7.15. The molecule has 464 valence electrons. The van der Waals surface area contributed by atoms with Crippen molar-refractivity contribution in [3.8, 4) is 0 Å². The lowest BCUT2D eigenvalue weighted by molar-refractivity contribution is 0.123. The van der Waals surface area contributed by atoms with Crippen molar-refractivity contribution in [3.05, 3.63) is 427 Å². The lowest BCUT2D eigenvalue weighted by Crippen LogP contribution is -2.50. The Labute approximate surface area is 579 Å². The zero-order valence-electron chi connectivity index (χ0n) is 51.7. The molecule has 4 aliphatic rings. The smallest absolute Gasteiger partial charge is 0.258 e. The number of hydrogen-bond acceptors (Lipinski definition) is 8. The molecule has 4 unspecified atom stereocenters. The highest BCUT2D eigenvalue weighted by molar-refractivity contribution is 6.41. The molecule has 0 saturated carbocycles. The Kier molecular flexibility index (Phi) is 16.9. The molecule has 8 nitrogen and oxygen atoms in total. The first-order valence-corrected chi connectivity index (χ1v) is 33.3. The molecule has 0 amide bonds. The summed E-state index contributed by atoms with van der Waals surface area (Å²) in [6, 6.07) is 114. The van der Waals surface area contributed by atoms with Crippen LogP contribution in [-0.4, -0.2) is 45.3 Å². The molecule has 0 aliphatic carbocycles. The van der Waals surface area contributed by atoms with Gasteiger partial charge in [-0.2, -0.15) is 0 Å². The predicted octanol–water partition coefficient (Wildman–Crippen LogP) is 20.2. The van der Waals surface area contributed by atoms with Crippen molar-refractivity contribution in [3.63, 3.8) is 0 Å². The maximum Gasteiger partial charge on any atom is 0.258 e. The third-order valence-electron chi connectivity index (χ3n) is 18.2. The van der Waals surface area contributed by atoms with Crippen LogP contribution in [0.15, 0.2) is 370 Å². The minimum Gasteiger partial charge on any atom is -0.299 e. The van der Waals surface area contributed by atoms with E-state index >= 15 is 0 Å². The van der Waals surface area contributed by atoms with Crippen molar-refractivity contribution in [2.24, 2.45) is 30.0 Å². The summed E-state index contributed by atoms with van der Waals surface area (Å²) in [5.74, 6) is -1.35. The normalized spacial score (nSPS) is 19.6. The number of aliphatic imine (C=N–C) groups is 6. The van der Waals surface area contributed by atoms with Crippen molar-refractivity contribution in [2.75, 3.05) is 0 Å². The van der Waals surface area contributed by atoms with Crippen LogP contribution in [0.25, 0.3) is 0 Å². The summed E-state index contributed by atoms with van der Waals surface area (Å²) in [5.41, 5.74) is 10.8. The van der Waals surface area contributed by atoms with Gasteiger partial charge in [0.15, 0.2) is 0 Å². The van der Waals surface area contributed by atoms with Crippen LogP contribution in [0.1, 0.15) is 78.8 Å². The highest BCUT2D eigenvalue weighted by Gasteiger charge is 2.62. The lowest BCUT2D eigenvalue weighted by atomic mass is 9.74. The van der Waals surface area contributed by atoms with E-state index in [1.807, 2.05) is 207 Å². The van der Waals surface area contributed by atoms with Crippen LogP contribution in [0.2, 0.25) is 20.1 Å². The van der Waals surface area contributed by atoms with Gasteiger partial charge in [0.1, 0.15) is 22.7 Å². The SMILES string of the molecule is Clc1ccccc1C1=NC(c2ccccc2)(c2ccccc2)C(c2ccccc2)N1C1(c2ccccc2Cl)N=CC(c2ccccc2)=N1.Clc1ccccc1C1=NC(c2ccccc2)(c2ccccc2)C(c2ccccc2)N1C1(c2ccccc2Cl)N=CC(c2ccccc2)=N1. The summed E-state index contributed by atoms with van der Waals surface area (Å²) < 4.78 is 0. The second-order valence-corrected chi connectivity index (χ2v) is 25.3. The molecule has 4 heterocycles. The summed E-state index contributed by atoms with van der Waals surface area (Å²) in [6.07, 6.45) is 3.71. The van der Waals surface area contributed by atoms with Gasteiger partial charge in [0, 0.05) is 33.4 Å². The number of benzene rings is 12. The average Bonchev–Trinajstić information content (AvgIpc) is 1.67. The Bertz CT molecular complexity index is 4570. The standard InChI is InChI=1S/2C42H30Cl2N4/c2*43-36-27-15-13-25-34(36)40-47-41(32-21-9-3-10-22-32,33-23-11-4-12-24-33)39(31-19-7-2-8-20-31)48(40)42(35-26-14-16-28-37(35)44)45-29-38(46-42)30-17-5-1-6-18-30/h2*1-29,39H. The molecule has 4 atom stereocenters. The monoisotopic (exact) mass is 1320 g/mol. The van der Waals surface area contributed by atoms with Gasteiger partial charge in [-0.3, -0.25) is 9.80 Å². The van der Waals surface area contributed by atoms with Crippen molar-refractivity contribution >= 4 is 81.9 Å². The molecular weight excluding hydrogens is 1260 g/mol. The van der Waals surface area contributed by atoms with Gasteiger partial charge in [0.05, 0.1) is 56.0 Å². The van der Waals surface area contributed by atoms with Crippen molar-refractivity contribution < 1.29 is 0 Å². The summed E-state index contributed by atoms with van der Waals surface area (Å²) in [4.78, 5) is 38.0. The van der Waals surface area contributed by atoms with Crippen LogP contribution in [0.3, 0.4) is 0 Å². The first kappa shape index (κ1) is 61.6. The quantitative estimate of drug-likeness (QED) is 0.109. The highest BCUT2D eigenvalue weighted by atomic mass is 35.5. The zero-order valence-corrected chi connectivity index (χ0v) is 54.8. The molecule has 12 heteroatoms. The fourth-order valence-electron chi connectivity index (χ4n) is 14.0. The molecule has 0 bridgehead atoms. The van der Waals surface area contributed by atoms with Crippen molar-refractivity contribution in [1.82, 2.24) is 9.80 Å². The fraction of sp³-hybridized carbons (Fsp3) is 0.0714. The third-order valence-corrected chi connectivity index (χ3v) is 19.5. The van der Waals surface area contributed by atoms with Crippen LogP contribution in [-0.2, 0) is 22.7 Å². The van der Waals surface area contributed by atoms with E-state index in [4.69, 9.17) is 76.4 Å². The summed E-state index contributed by atoms with van der Waals surface area (Å²) >= 11 is 28.5. The topological polar surface area (TPSA) is 80.6 Å². The van der Waals surface area contributed by atoms with Crippen LogP contribution < -0.4 is 0 Å². The molecule has 96 heavy (non-hydrogen) atoms. The molecule has 12 aromatic rings. The van der Waals surface area contributed by atoms with E-state index in [2.05, 4.69) is 155 Å². The summed E-state index contributed by atoms with van der Waals surface area (Å²) in [6.45, 7) is 0. The van der Waals surface area contributed by atoms with Gasteiger partial charge in [0.25, 0.3) is 11.6 Å². The number of rotatable bonds is 14. The van der Waals surface area contributed by atoms with E-state index in [9.17, 15) is 0 Å². The predicted molar refractivity (Wildman–Crippen MR) is 395 cm³/mol. The van der Waals surface area contributed by atoms with E-state index in [0.29, 0.717) is 31.8 Å². The molecular formula is C84H60Cl4N8. The van der Waals surface area contributed by atoms with E-state index in [0.717, 1.165) is 78.2 Å². The Balaban J connectivity index is 0.000000158. The first-order chi connectivity index (χ1) is 47.2. The highest BCUT2D eigenvalue weighted by Crippen LogP contribution is 2.60. The van der Waals surface area contributed by atoms with Crippen LogP contribution in [0, 0.1) is 0 Å². The summed E-state index contributed by atoms with van der Waals surface area (Å²) in [7, 11) is 0. The lowest BCUT2D eigenvalue weighted by Gasteiger charge is -2.45. The Hall–Kier alpha value is -10.6. The fourth-order valence-corrected chi connectivity index (χ4v) is 15.0. The van der Waals surface area contributed by atoms with Gasteiger partial charge in [-0.1, -0.05) is 350 Å². The molecule has 4 aliphatic heterocycles. The Morgan fingerprint density at radius 3 is 0.823 bits per heavy atom. The molecule has 0 aromatic heterocycles. The van der Waals surface area contributed by atoms with Crippen LogP contribution in [0.4, 0.5) is 0 Å². The van der Waals surface area contributed by atoms with Gasteiger partial charge in [0.2, 0.25) is 0 Å². The maximum atomic E-state index is 7.15. The van der Waals surface area contributed by atoms with E-state index in [-0.39, 0.29) is 0 Å². The van der Waals surface area contributed by atoms with E-state index in [1.165, 1.54) is 0 Å². The van der Waals surface area contributed by atoms with Gasteiger partial charge in [-0.25, -0.2) is 30.0 Å². The van der Waals surface area contributed by atoms with Crippen molar-refractivity contribution in [2.45, 2.75) is 34.7 Å². The molecule has 0 N–H and O–H groups in total. The van der Waals surface area contributed by atoms with E-state index < -0.39 is 34.7 Å². The molecule has 0 radical (unpaired) electrons. The number of hydrogen-bond donors (Lipinski definition) is 0. The van der Waals surface area contributed by atoms with E-state index in [1.54, 1.807) is 0 Å². The minimum absolute atomic E-state index is 0.443. The molecule has 0 fully saturated rings.